The van der Waals surface area contributed by atoms with Crippen molar-refractivity contribution >= 4 is 10.1 Å². The molecule has 0 aliphatic carbocycles. The van der Waals surface area contributed by atoms with Crippen LogP contribution in [0.3, 0.4) is 0 Å². The molecule has 0 unspecified atom stereocenters. The van der Waals surface area contributed by atoms with Crippen LogP contribution in [-0.4, -0.2) is 20.8 Å². The molecule has 4 heteroatoms. The molecule has 0 rings (SSSR count). The first-order valence-electron chi connectivity index (χ1n) is 10.6. The molecule has 25 heavy (non-hydrogen) atoms. The summed E-state index contributed by atoms with van der Waals surface area (Å²) < 4.78 is 27.7. The first kappa shape index (κ1) is 24.7. The fraction of sp³-hybridized carbons (Fsp3) is 0.905. The Balaban J connectivity index is 3.22. The first-order chi connectivity index (χ1) is 12.1. The first-order valence-corrected chi connectivity index (χ1v) is 12.2. The summed E-state index contributed by atoms with van der Waals surface area (Å²) in [6.07, 6.45) is 22.9. The van der Waals surface area contributed by atoms with Gasteiger partial charge in [-0.15, -0.1) is 0 Å². The zero-order chi connectivity index (χ0) is 18.6. The Morgan fingerprint density at radius 1 is 0.640 bits per heavy atom. The van der Waals surface area contributed by atoms with Gasteiger partial charge in [-0.3, -0.25) is 4.18 Å². The maximum absolute atomic E-state index is 11.4. The van der Waals surface area contributed by atoms with Gasteiger partial charge in [-0.05, 0) is 38.5 Å². The zero-order valence-electron chi connectivity index (χ0n) is 16.8. The second-order valence-electron chi connectivity index (χ2n) is 7.02. The van der Waals surface area contributed by atoms with Crippen molar-refractivity contribution < 1.29 is 12.6 Å². The average molecular weight is 375 g/mol. The lowest BCUT2D eigenvalue weighted by Crippen LogP contribution is -2.10. The summed E-state index contributed by atoms with van der Waals surface area (Å²) in [6, 6.07) is 0. The fourth-order valence-corrected chi connectivity index (χ4v) is 3.83. The fourth-order valence-electron chi connectivity index (χ4n) is 2.84. The third-order valence-electron chi connectivity index (χ3n) is 4.37. The predicted octanol–water partition coefficient (Wildman–Crippen LogP) is 6.78. The van der Waals surface area contributed by atoms with Crippen LogP contribution in [0.5, 0.6) is 0 Å². The molecule has 0 aromatic carbocycles. The largest absolute Gasteiger partial charge is 0.270 e. The standard InChI is InChI=1S/C21H42O3S/c1-3-5-6-7-8-9-10-11-12-13-14-15-16-17-18-19-20-24-25(22,23)21-4-2/h11-12H,3-10,13-21H2,1-2H3/b12-11-. The molecule has 3 nitrogen and oxygen atoms in total. The molecule has 0 aliphatic heterocycles. The molecule has 150 valence electrons. The molecule has 0 heterocycles. The summed E-state index contributed by atoms with van der Waals surface area (Å²) in [5.74, 6) is 0.138. The minimum absolute atomic E-state index is 0.138. The van der Waals surface area contributed by atoms with E-state index < -0.39 is 10.1 Å². The third kappa shape index (κ3) is 19.8. The molecule has 0 saturated carbocycles. The summed E-state index contributed by atoms with van der Waals surface area (Å²) in [7, 11) is -3.26. The van der Waals surface area contributed by atoms with Crippen LogP contribution in [0.4, 0.5) is 0 Å². The number of hydrogen-bond acceptors (Lipinski definition) is 3. The molecule has 0 aliphatic rings. The molecule has 0 atom stereocenters. The molecule has 0 bridgehead atoms. The van der Waals surface area contributed by atoms with Gasteiger partial charge in [-0.2, -0.15) is 8.42 Å². The van der Waals surface area contributed by atoms with Crippen molar-refractivity contribution in [2.75, 3.05) is 12.4 Å². The lowest BCUT2D eigenvalue weighted by atomic mass is 10.1. The van der Waals surface area contributed by atoms with Crippen molar-refractivity contribution in [3.63, 3.8) is 0 Å². The lowest BCUT2D eigenvalue weighted by Gasteiger charge is -2.04. The Hall–Kier alpha value is -0.350. The average Bonchev–Trinajstić information content (AvgIpc) is 2.57. The van der Waals surface area contributed by atoms with Crippen LogP contribution in [0.2, 0.25) is 0 Å². The van der Waals surface area contributed by atoms with Gasteiger partial charge in [-0.1, -0.05) is 83.8 Å². The Labute approximate surface area is 157 Å². The van der Waals surface area contributed by atoms with Crippen molar-refractivity contribution in [3.05, 3.63) is 12.2 Å². The van der Waals surface area contributed by atoms with Gasteiger partial charge in [0.25, 0.3) is 10.1 Å². The van der Waals surface area contributed by atoms with Crippen LogP contribution < -0.4 is 0 Å². The number of allylic oxidation sites excluding steroid dienone is 2. The van der Waals surface area contributed by atoms with E-state index in [0.29, 0.717) is 13.0 Å². The zero-order valence-corrected chi connectivity index (χ0v) is 17.6. The molecule has 0 fully saturated rings. The van der Waals surface area contributed by atoms with Gasteiger partial charge in [0.2, 0.25) is 0 Å². The minimum atomic E-state index is -3.26. The van der Waals surface area contributed by atoms with Gasteiger partial charge in [0.05, 0.1) is 12.4 Å². The van der Waals surface area contributed by atoms with Crippen molar-refractivity contribution in [3.8, 4) is 0 Å². The maximum Gasteiger partial charge on any atom is 0.267 e. The van der Waals surface area contributed by atoms with E-state index in [1.54, 1.807) is 0 Å². The van der Waals surface area contributed by atoms with E-state index >= 15 is 0 Å². The van der Waals surface area contributed by atoms with E-state index in [1.807, 2.05) is 6.92 Å². The molecule has 0 N–H and O–H groups in total. The number of hydrogen-bond donors (Lipinski definition) is 0. The van der Waals surface area contributed by atoms with E-state index in [1.165, 1.54) is 77.0 Å². The molecular formula is C21H42O3S. The quantitative estimate of drug-likeness (QED) is 0.142. The van der Waals surface area contributed by atoms with Crippen molar-refractivity contribution in [1.29, 1.82) is 0 Å². The second kappa shape index (κ2) is 18.4. The molecular weight excluding hydrogens is 332 g/mol. The van der Waals surface area contributed by atoms with Crippen LogP contribution >= 0.6 is 0 Å². The highest BCUT2D eigenvalue weighted by Gasteiger charge is 2.08. The third-order valence-corrected chi connectivity index (χ3v) is 5.81. The normalized spacial score (nSPS) is 12.2. The molecule has 0 aromatic heterocycles. The van der Waals surface area contributed by atoms with Crippen LogP contribution in [0.15, 0.2) is 12.2 Å². The minimum Gasteiger partial charge on any atom is -0.270 e. The van der Waals surface area contributed by atoms with Gasteiger partial charge in [0, 0.05) is 0 Å². The molecule has 0 amide bonds. The SMILES string of the molecule is CCCCCCCC/C=C\CCCCCCCCOS(=O)(=O)CCC. The van der Waals surface area contributed by atoms with E-state index in [9.17, 15) is 8.42 Å². The Morgan fingerprint density at radius 3 is 1.64 bits per heavy atom. The molecule has 0 spiro atoms. The van der Waals surface area contributed by atoms with E-state index in [-0.39, 0.29) is 5.75 Å². The van der Waals surface area contributed by atoms with Crippen molar-refractivity contribution in [1.82, 2.24) is 0 Å². The molecule has 0 saturated heterocycles. The number of rotatable bonds is 19. The highest BCUT2D eigenvalue weighted by atomic mass is 32.2. The van der Waals surface area contributed by atoms with Gasteiger partial charge in [0.15, 0.2) is 0 Å². The summed E-state index contributed by atoms with van der Waals surface area (Å²) in [4.78, 5) is 0. The highest BCUT2D eigenvalue weighted by Crippen LogP contribution is 2.10. The summed E-state index contributed by atoms with van der Waals surface area (Å²) in [5.41, 5.74) is 0. The summed E-state index contributed by atoms with van der Waals surface area (Å²) >= 11 is 0. The Kier molecular flexibility index (Phi) is 18.2. The van der Waals surface area contributed by atoms with Gasteiger partial charge in [-0.25, -0.2) is 0 Å². The topological polar surface area (TPSA) is 43.4 Å². The van der Waals surface area contributed by atoms with E-state index in [0.717, 1.165) is 12.8 Å². The predicted molar refractivity (Wildman–Crippen MR) is 109 cm³/mol. The van der Waals surface area contributed by atoms with Crippen LogP contribution in [0.25, 0.3) is 0 Å². The highest BCUT2D eigenvalue weighted by molar-refractivity contribution is 7.86. The van der Waals surface area contributed by atoms with E-state index in [4.69, 9.17) is 4.18 Å². The summed E-state index contributed by atoms with van der Waals surface area (Å²) in [6.45, 7) is 4.46. The lowest BCUT2D eigenvalue weighted by molar-refractivity contribution is 0.306. The van der Waals surface area contributed by atoms with Gasteiger partial charge >= 0.3 is 0 Å². The summed E-state index contributed by atoms with van der Waals surface area (Å²) in [5, 5.41) is 0. The number of unbranched alkanes of at least 4 members (excludes halogenated alkanes) is 12. The Bertz CT molecular complexity index is 388. The van der Waals surface area contributed by atoms with Crippen molar-refractivity contribution in [2.24, 2.45) is 0 Å². The van der Waals surface area contributed by atoms with Crippen molar-refractivity contribution in [2.45, 2.75) is 110 Å². The van der Waals surface area contributed by atoms with Crippen LogP contribution in [0.1, 0.15) is 110 Å². The second-order valence-corrected chi connectivity index (χ2v) is 8.78. The van der Waals surface area contributed by atoms with Crippen LogP contribution in [0, 0.1) is 0 Å². The van der Waals surface area contributed by atoms with Gasteiger partial charge in [0.1, 0.15) is 0 Å². The smallest absolute Gasteiger partial charge is 0.267 e. The molecule has 0 aromatic rings. The Morgan fingerprint density at radius 2 is 1.12 bits per heavy atom. The monoisotopic (exact) mass is 374 g/mol. The molecule has 0 radical (unpaired) electrons. The van der Waals surface area contributed by atoms with Crippen LogP contribution in [-0.2, 0) is 14.3 Å². The van der Waals surface area contributed by atoms with Gasteiger partial charge < -0.3 is 0 Å². The van der Waals surface area contributed by atoms with E-state index in [2.05, 4.69) is 19.1 Å². The maximum atomic E-state index is 11.4.